The summed E-state index contributed by atoms with van der Waals surface area (Å²) < 4.78 is 0. The lowest BCUT2D eigenvalue weighted by atomic mass is 10.0. The van der Waals surface area contributed by atoms with Gasteiger partial charge in [0.15, 0.2) is 0 Å². The van der Waals surface area contributed by atoms with Crippen LogP contribution in [0.3, 0.4) is 0 Å². The Morgan fingerprint density at radius 3 is 2.93 bits per heavy atom. The van der Waals surface area contributed by atoms with Crippen LogP contribution in [0.1, 0.15) is 24.8 Å². The predicted octanol–water partition coefficient (Wildman–Crippen LogP) is 1.96. The van der Waals surface area contributed by atoms with E-state index in [9.17, 15) is 0 Å². The van der Waals surface area contributed by atoms with Gasteiger partial charge in [0, 0.05) is 31.2 Å². The summed E-state index contributed by atoms with van der Waals surface area (Å²) in [6, 6.07) is 2.00. The number of anilines is 1. The number of pyridine rings is 1. The Kier molecular flexibility index (Phi) is 2.91. The summed E-state index contributed by atoms with van der Waals surface area (Å²) in [5.74, 6) is 0. The molecule has 0 aliphatic heterocycles. The molecule has 15 heavy (non-hydrogen) atoms. The van der Waals surface area contributed by atoms with E-state index >= 15 is 0 Å². The molecule has 82 valence electrons. The fourth-order valence-corrected chi connectivity index (χ4v) is 1.88. The average Bonchev–Trinajstić information content (AvgIpc) is 2.98. The molecule has 1 aliphatic carbocycles. The third-order valence-electron chi connectivity index (χ3n) is 3.27. The van der Waals surface area contributed by atoms with Crippen molar-refractivity contribution in [1.29, 1.82) is 0 Å². The third-order valence-corrected chi connectivity index (χ3v) is 3.27. The Hall–Kier alpha value is -1.09. The summed E-state index contributed by atoms with van der Waals surface area (Å²) in [6.07, 6.45) is 7.08. The maximum Gasteiger partial charge on any atom is 0.0436 e. The van der Waals surface area contributed by atoms with Crippen LogP contribution in [0, 0.1) is 12.3 Å². The van der Waals surface area contributed by atoms with Crippen molar-refractivity contribution in [3.63, 3.8) is 0 Å². The highest BCUT2D eigenvalue weighted by molar-refractivity contribution is 5.48. The van der Waals surface area contributed by atoms with Gasteiger partial charge in [-0.2, -0.15) is 0 Å². The van der Waals surface area contributed by atoms with Crippen LogP contribution in [0.4, 0.5) is 5.69 Å². The minimum Gasteiger partial charge on any atom is -0.396 e. The fraction of sp³-hybridized carbons (Fsp3) is 0.583. The second kappa shape index (κ2) is 4.19. The molecule has 0 aromatic carbocycles. The van der Waals surface area contributed by atoms with Gasteiger partial charge in [0.05, 0.1) is 0 Å². The van der Waals surface area contributed by atoms with Gasteiger partial charge in [-0.3, -0.25) is 4.98 Å². The lowest BCUT2D eigenvalue weighted by molar-refractivity contribution is 0.253. The Morgan fingerprint density at radius 2 is 2.33 bits per heavy atom. The van der Waals surface area contributed by atoms with Crippen molar-refractivity contribution >= 4 is 5.69 Å². The highest BCUT2D eigenvalue weighted by Crippen LogP contribution is 2.48. The number of aryl methyl sites for hydroxylation is 1. The molecule has 2 N–H and O–H groups in total. The molecular weight excluding hydrogens is 188 g/mol. The van der Waals surface area contributed by atoms with Crippen molar-refractivity contribution in [2.45, 2.75) is 26.2 Å². The SMILES string of the molecule is Cc1cnccc1NCC1(CCO)CC1. The zero-order valence-corrected chi connectivity index (χ0v) is 9.16. The number of aliphatic hydroxyl groups excluding tert-OH is 1. The van der Waals surface area contributed by atoms with Crippen molar-refractivity contribution < 1.29 is 5.11 Å². The quantitative estimate of drug-likeness (QED) is 0.774. The maximum atomic E-state index is 8.96. The molecule has 3 heteroatoms. The van der Waals surface area contributed by atoms with Crippen LogP contribution in [0.2, 0.25) is 0 Å². The van der Waals surface area contributed by atoms with Crippen LogP contribution in [0.25, 0.3) is 0 Å². The van der Waals surface area contributed by atoms with E-state index in [2.05, 4.69) is 17.2 Å². The largest absolute Gasteiger partial charge is 0.396 e. The summed E-state index contributed by atoms with van der Waals surface area (Å²) in [5.41, 5.74) is 2.70. The molecule has 0 amide bonds. The van der Waals surface area contributed by atoms with Crippen molar-refractivity contribution in [1.82, 2.24) is 4.98 Å². The maximum absolute atomic E-state index is 8.96. The first-order chi connectivity index (χ1) is 7.26. The zero-order valence-electron chi connectivity index (χ0n) is 9.16. The van der Waals surface area contributed by atoms with Crippen molar-refractivity contribution in [3.8, 4) is 0 Å². The van der Waals surface area contributed by atoms with E-state index in [0.29, 0.717) is 12.0 Å². The molecule has 1 aromatic rings. The average molecular weight is 206 g/mol. The monoisotopic (exact) mass is 206 g/mol. The smallest absolute Gasteiger partial charge is 0.0436 e. The first kappa shape index (κ1) is 10.4. The summed E-state index contributed by atoms with van der Waals surface area (Å²) in [5, 5.41) is 12.4. The second-order valence-electron chi connectivity index (χ2n) is 4.52. The van der Waals surface area contributed by atoms with E-state index in [1.54, 1.807) is 6.20 Å². The number of hydrogen-bond donors (Lipinski definition) is 2. The topological polar surface area (TPSA) is 45.2 Å². The van der Waals surface area contributed by atoms with Crippen LogP contribution < -0.4 is 5.32 Å². The van der Waals surface area contributed by atoms with Gasteiger partial charge in [-0.25, -0.2) is 0 Å². The van der Waals surface area contributed by atoms with Gasteiger partial charge in [0.2, 0.25) is 0 Å². The second-order valence-corrected chi connectivity index (χ2v) is 4.52. The summed E-state index contributed by atoms with van der Waals surface area (Å²) in [6.45, 7) is 3.33. The summed E-state index contributed by atoms with van der Waals surface area (Å²) in [4.78, 5) is 4.06. The standard InChI is InChI=1S/C12H18N2O/c1-10-8-13-6-2-11(10)14-9-12(3-4-12)5-7-15/h2,6,8,15H,3-5,7,9H2,1H3,(H,13,14). The molecule has 0 bridgehead atoms. The van der Waals surface area contributed by atoms with Crippen molar-refractivity contribution in [2.24, 2.45) is 5.41 Å². The number of rotatable bonds is 5. The van der Waals surface area contributed by atoms with Gasteiger partial charge >= 0.3 is 0 Å². The molecule has 0 saturated heterocycles. The summed E-state index contributed by atoms with van der Waals surface area (Å²) in [7, 11) is 0. The number of nitrogens with one attached hydrogen (secondary N) is 1. The molecule has 0 unspecified atom stereocenters. The Bertz CT molecular complexity index is 334. The highest BCUT2D eigenvalue weighted by Gasteiger charge is 2.41. The number of aliphatic hydroxyl groups is 1. The van der Waals surface area contributed by atoms with Crippen LogP contribution in [0.15, 0.2) is 18.5 Å². The molecule has 3 nitrogen and oxygen atoms in total. The molecule has 0 radical (unpaired) electrons. The van der Waals surface area contributed by atoms with Gasteiger partial charge in [-0.05, 0) is 43.2 Å². The highest BCUT2D eigenvalue weighted by atomic mass is 16.3. The fourth-order valence-electron chi connectivity index (χ4n) is 1.88. The summed E-state index contributed by atoms with van der Waals surface area (Å²) >= 11 is 0. The molecule has 1 heterocycles. The van der Waals surface area contributed by atoms with Crippen molar-refractivity contribution in [3.05, 3.63) is 24.0 Å². The van der Waals surface area contributed by atoms with Crippen molar-refractivity contribution in [2.75, 3.05) is 18.5 Å². The van der Waals surface area contributed by atoms with Crippen LogP contribution in [0.5, 0.6) is 0 Å². The Balaban J connectivity index is 1.91. The lowest BCUT2D eigenvalue weighted by Gasteiger charge is -2.16. The normalized spacial score (nSPS) is 17.5. The van der Waals surface area contributed by atoms with E-state index in [1.807, 2.05) is 12.3 Å². The molecule has 0 atom stereocenters. The van der Waals surface area contributed by atoms with E-state index in [-0.39, 0.29) is 0 Å². The Morgan fingerprint density at radius 1 is 1.53 bits per heavy atom. The molecule has 0 spiro atoms. The Labute approximate surface area is 90.5 Å². The molecule has 1 aromatic heterocycles. The van der Waals surface area contributed by atoms with Gasteiger partial charge in [-0.15, -0.1) is 0 Å². The van der Waals surface area contributed by atoms with Gasteiger partial charge in [-0.1, -0.05) is 0 Å². The number of nitrogens with zero attached hydrogens (tertiary/aromatic N) is 1. The van der Waals surface area contributed by atoms with Gasteiger partial charge < -0.3 is 10.4 Å². The first-order valence-electron chi connectivity index (χ1n) is 5.51. The predicted molar refractivity (Wildman–Crippen MR) is 60.8 cm³/mol. The third kappa shape index (κ3) is 2.48. The zero-order chi connectivity index (χ0) is 10.7. The van der Waals surface area contributed by atoms with Gasteiger partial charge in [0.1, 0.15) is 0 Å². The van der Waals surface area contributed by atoms with E-state index in [0.717, 1.165) is 18.7 Å². The van der Waals surface area contributed by atoms with Crippen LogP contribution in [-0.2, 0) is 0 Å². The molecule has 1 fully saturated rings. The van der Waals surface area contributed by atoms with Gasteiger partial charge in [0.25, 0.3) is 0 Å². The van der Waals surface area contributed by atoms with E-state index < -0.39 is 0 Å². The van der Waals surface area contributed by atoms with Crippen LogP contribution >= 0.6 is 0 Å². The minimum atomic E-state index is 0.303. The molecular formula is C12H18N2O. The van der Waals surface area contributed by atoms with E-state index in [1.165, 1.54) is 18.4 Å². The van der Waals surface area contributed by atoms with Crippen LogP contribution in [-0.4, -0.2) is 23.2 Å². The molecule has 1 saturated carbocycles. The number of aromatic nitrogens is 1. The first-order valence-corrected chi connectivity index (χ1v) is 5.51. The molecule has 1 aliphatic rings. The number of hydrogen-bond acceptors (Lipinski definition) is 3. The lowest BCUT2D eigenvalue weighted by Crippen LogP contribution is -2.17. The minimum absolute atomic E-state index is 0.303. The van der Waals surface area contributed by atoms with E-state index in [4.69, 9.17) is 5.11 Å². The molecule has 2 rings (SSSR count).